The molecule has 20 heavy (non-hydrogen) atoms. The third kappa shape index (κ3) is 1.93. The first-order valence-electron chi connectivity index (χ1n) is 6.42. The SMILES string of the molecule is CCc1nc2cc([N+](=O)[O-])ccc2n1-c1ccccc1. The average molecular weight is 267 g/mol. The number of benzene rings is 2. The van der Waals surface area contributed by atoms with E-state index in [9.17, 15) is 10.1 Å². The zero-order chi connectivity index (χ0) is 14.1. The molecule has 1 heterocycles. The lowest BCUT2D eigenvalue weighted by molar-refractivity contribution is -0.384. The summed E-state index contributed by atoms with van der Waals surface area (Å²) in [5.41, 5.74) is 2.62. The molecule has 0 bridgehead atoms. The summed E-state index contributed by atoms with van der Waals surface area (Å²) in [6, 6.07) is 14.7. The van der Waals surface area contributed by atoms with Crippen molar-refractivity contribution in [3.05, 3.63) is 64.5 Å². The Kier molecular flexibility index (Phi) is 2.95. The smallest absolute Gasteiger partial charge is 0.271 e. The van der Waals surface area contributed by atoms with E-state index in [1.165, 1.54) is 12.1 Å². The van der Waals surface area contributed by atoms with Crippen LogP contribution in [-0.2, 0) is 6.42 Å². The minimum absolute atomic E-state index is 0.0675. The van der Waals surface area contributed by atoms with Crippen molar-refractivity contribution in [3.63, 3.8) is 0 Å². The monoisotopic (exact) mass is 267 g/mol. The highest BCUT2D eigenvalue weighted by Crippen LogP contribution is 2.25. The molecule has 3 aromatic rings. The van der Waals surface area contributed by atoms with Crippen molar-refractivity contribution in [1.29, 1.82) is 0 Å². The lowest BCUT2D eigenvalue weighted by Gasteiger charge is -2.07. The number of hydrogen-bond acceptors (Lipinski definition) is 3. The molecule has 0 saturated carbocycles. The molecule has 0 spiro atoms. The number of nitrogens with zero attached hydrogens (tertiary/aromatic N) is 3. The number of hydrogen-bond donors (Lipinski definition) is 0. The zero-order valence-corrected chi connectivity index (χ0v) is 11.0. The minimum Gasteiger partial charge on any atom is -0.296 e. The van der Waals surface area contributed by atoms with Gasteiger partial charge in [0.05, 0.1) is 16.0 Å². The first kappa shape index (κ1) is 12.3. The van der Waals surface area contributed by atoms with Crippen LogP contribution < -0.4 is 0 Å². The fourth-order valence-corrected chi connectivity index (χ4v) is 2.33. The van der Waals surface area contributed by atoms with Gasteiger partial charge in [-0.3, -0.25) is 14.7 Å². The maximum absolute atomic E-state index is 10.8. The summed E-state index contributed by atoms with van der Waals surface area (Å²) in [5.74, 6) is 0.895. The molecule has 5 heteroatoms. The molecule has 0 aliphatic carbocycles. The molecule has 0 N–H and O–H groups in total. The van der Waals surface area contributed by atoms with Gasteiger partial charge in [-0.1, -0.05) is 25.1 Å². The molecule has 0 atom stereocenters. The second kappa shape index (κ2) is 4.77. The second-order valence-electron chi connectivity index (χ2n) is 4.48. The summed E-state index contributed by atoms with van der Waals surface area (Å²) in [6.07, 6.45) is 0.761. The predicted octanol–water partition coefficient (Wildman–Crippen LogP) is 3.50. The van der Waals surface area contributed by atoms with E-state index >= 15 is 0 Å². The average Bonchev–Trinajstić information content (AvgIpc) is 2.85. The van der Waals surface area contributed by atoms with E-state index in [4.69, 9.17) is 0 Å². The number of para-hydroxylation sites is 1. The number of aromatic nitrogens is 2. The largest absolute Gasteiger partial charge is 0.296 e. The van der Waals surface area contributed by atoms with Crippen molar-refractivity contribution in [1.82, 2.24) is 9.55 Å². The number of nitro groups is 1. The van der Waals surface area contributed by atoms with Gasteiger partial charge in [0.25, 0.3) is 5.69 Å². The van der Waals surface area contributed by atoms with Crippen molar-refractivity contribution in [3.8, 4) is 5.69 Å². The van der Waals surface area contributed by atoms with Crippen molar-refractivity contribution >= 4 is 16.7 Å². The predicted molar refractivity (Wildman–Crippen MR) is 77.1 cm³/mol. The lowest BCUT2D eigenvalue weighted by Crippen LogP contribution is -1.99. The van der Waals surface area contributed by atoms with Crippen LogP contribution in [0.5, 0.6) is 0 Å². The van der Waals surface area contributed by atoms with E-state index in [0.29, 0.717) is 5.52 Å². The van der Waals surface area contributed by atoms with E-state index in [-0.39, 0.29) is 5.69 Å². The van der Waals surface area contributed by atoms with E-state index in [2.05, 4.69) is 4.98 Å². The minimum atomic E-state index is -0.396. The zero-order valence-electron chi connectivity index (χ0n) is 11.0. The Morgan fingerprint density at radius 1 is 1.20 bits per heavy atom. The summed E-state index contributed by atoms with van der Waals surface area (Å²) in [4.78, 5) is 15.0. The van der Waals surface area contributed by atoms with Gasteiger partial charge < -0.3 is 0 Å². The van der Waals surface area contributed by atoms with Crippen molar-refractivity contribution in [2.24, 2.45) is 0 Å². The first-order valence-corrected chi connectivity index (χ1v) is 6.42. The molecule has 0 unspecified atom stereocenters. The van der Waals surface area contributed by atoms with Crippen molar-refractivity contribution in [2.45, 2.75) is 13.3 Å². The van der Waals surface area contributed by atoms with Gasteiger partial charge in [0.2, 0.25) is 0 Å². The van der Waals surface area contributed by atoms with Crippen LogP contribution in [0.3, 0.4) is 0 Å². The maximum atomic E-state index is 10.8. The van der Waals surface area contributed by atoms with Crippen molar-refractivity contribution in [2.75, 3.05) is 0 Å². The molecule has 1 aromatic heterocycles. The first-order chi connectivity index (χ1) is 9.70. The molecule has 0 aliphatic heterocycles. The molecular weight excluding hydrogens is 254 g/mol. The van der Waals surface area contributed by atoms with Crippen molar-refractivity contribution < 1.29 is 4.92 Å². The van der Waals surface area contributed by atoms with Gasteiger partial charge in [0.1, 0.15) is 5.82 Å². The molecule has 0 fully saturated rings. The molecule has 0 saturated heterocycles. The molecule has 3 rings (SSSR count). The molecule has 100 valence electrons. The molecule has 0 aliphatic rings. The molecule has 0 amide bonds. The Morgan fingerprint density at radius 3 is 2.60 bits per heavy atom. The Bertz CT molecular complexity index is 778. The number of nitro benzene ring substituents is 1. The van der Waals surface area contributed by atoms with Crippen LogP contribution >= 0.6 is 0 Å². The topological polar surface area (TPSA) is 61.0 Å². The summed E-state index contributed by atoms with van der Waals surface area (Å²) < 4.78 is 2.04. The molecular formula is C15H13N3O2. The number of imidazole rings is 1. The normalized spacial score (nSPS) is 10.8. The van der Waals surface area contributed by atoms with Crippen LogP contribution in [0.1, 0.15) is 12.7 Å². The van der Waals surface area contributed by atoms with Crippen LogP contribution in [0, 0.1) is 10.1 Å². The number of rotatable bonds is 3. The van der Waals surface area contributed by atoms with Crippen LogP contribution in [0.25, 0.3) is 16.7 Å². The molecule has 5 nitrogen and oxygen atoms in total. The Morgan fingerprint density at radius 2 is 1.95 bits per heavy atom. The Hall–Kier alpha value is -2.69. The highest BCUT2D eigenvalue weighted by molar-refractivity contribution is 5.80. The standard InChI is InChI=1S/C15H13N3O2/c1-2-15-16-13-10-12(18(19)20)8-9-14(13)17(15)11-6-4-3-5-7-11/h3-10H,2H2,1H3. The summed E-state index contributed by atoms with van der Waals surface area (Å²) >= 11 is 0. The number of fused-ring (bicyclic) bond motifs is 1. The molecule has 2 aromatic carbocycles. The van der Waals surface area contributed by atoms with E-state index in [1.54, 1.807) is 6.07 Å². The van der Waals surface area contributed by atoms with Gasteiger partial charge in [0, 0.05) is 24.2 Å². The highest BCUT2D eigenvalue weighted by atomic mass is 16.6. The lowest BCUT2D eigenvalue weighted by atomic mass is 10.2. The van der Waals surface area contributed by atoms with Gasteiger partial charge in [-0.05, 0) is 18.2 Å². The van der Waals surface area contributed by atoms with Crippen LogP contribution in [0.15, 0.2) is 48.5 Å². The fraction of sp³-hybridized carbons (Fsp3) is 0.133. The third-order valence-electron chi connectivity index (χ3n) is 3.25. The van der Waals surface area contributed by atoms with Gasteiger partial charge in [-0.2, -0.15) is 0 Å². The second-order valence-corrected chi connectivity index (χ2v) is 4.48. The van der Waals surface area contributed by atoms with E-state index in [0.717, 1.165) is 23.4 Å². The van der Waals surface area contributed by atoms with E-state index in [1.807, 2.05) is 41.8 Å². The summed E-state index contributed by atoms with van der Waals surface area (Å²) in [6.45, 7) is 2.02. The van der Waals surface area contributed by atoms with Gasteiger partial charge >= 0.3 is 0 Å². The molecule has 0 radical (unpaired) electrons. The Balaban J connectivity index is 2.28. The quantitative estimate of drug-likeness (QED) is 0.539. The maximum Gasteiger partial charge on any atom is 0.271 e. The number of aryl methyl sites for hydroxylation is 1. The van der Waals surface area contributed by atoms with Gasteiger partial charge in [0.15, 0.2) is 0 Å². The van der Waals surface area contributed by atoms with Gasteiger partial charge in [-0.25, -0.2) is 4.98 Å². The summed E-state index contributed by atoms with van der Waals surface area (Å²) in [7, 11) is 0. The Labute approximate surface area is 115 Å². The van der Waals surface area contributed by atoms with Crippen LogP contribution in [0.4, 0.5) is 5.69 Å². The number of non-ortho nitro benzene ring substituents is 1. The summed E-state index contributed by atoms with van der Waals surface area (Å²) in [5, 5.41) is 10.8. The third-order valence-corrected chi connectivity index (χ3v) is 3.25. The van der Waals surface area contributed by atoms with Crippen LogP contribution in [-0.4, -0.2) is 14.5 Å². The van der Waals surface area contributed by atoms with E-state index < -0.39 is 4.92 Å². The highest BCUT2D eigenvalue weighted by Gasteiger charge is 2.14. The fourth-order valence-electron chi connectivity index (χ4n) is 2.33. The van der Waals surface area contributed by atoms with Crippen LogP contribution in [0.2, 0.25) is 0 Å². The van der Waals surface area contributed by atoms with Gasteiger partial charge in [-0.15, -0.1) is 0 Å².